The van der Waals surface area contributed by atoms with Crippen molar-refractivity contribution >= 4 is 16.8 Å². The van der Waals surface area contributed by atoms with E-state index in [4.69, 9.17) is 0 Å². The summed E-state index contributed by atoms with van der Waals surface area (Å²) < 4.78 is 14.3. The molecular weight excluding hydrogens is 341 g/mol. The molecule has 2 heterocycles. The summed E-state index contributed by atoms with van der Waals surface area (Å²) in [4.78, 5) is 17.7. The lowest BCUT2D eigenvalue weighted by atomic mass is 10.0. The smallest absolute Gasteiger partial charge is 0.237 e. The van der Waals surface area contributed by atoms with Crippen molar-refractivity contribution in [3.63, 3.8) is 0 Å². The molecule has 0 saturated carbocycles. The summed E-state index contributed by atoms with van der Waals surface area (Å²) in [6, 6.07) is 13.0. The van der Waals surface area contributed by atoms with Crippen molar-refractivity contribution < 1.29 is 9.18 Å². The van der Waals surface area contributed by atoms with E-state index >= 15 is 0 Å². The van der Waals surface area contributed by atoms with E-state index < -0.39 is 0 Å². The van der Waals surface area contributed by atoms with Gasteiger partial charge in [0.05, 0.1) is 6.04 Å². The van der Waals surface area contributed by atoms with Crippen LogP contribution in [0, 0.1) is 12.2 Å². The number of benzene rings is 2. The number of halogens is 1. The van der Waals surface area contributed by atoms with Crippen molar-refractivity contribution in [3.05, 3.63) is 66.5 Å². The van der Waals surface area contributed by atoms with Gasteiger partial charge >= 0.3 is 0 Å². The molecule has 4 nitrogen and oxygen atoms in total. The summed E-state index contributed by atoms with van der Waals surface area (Å²) in [5.74, 6) is -0.350. The second-order valence-electron chi connectivity index (χ2n) is 7.11. The molecule has 1 aliphatic heterocycles. The van der Waals surface area contributed by atoms with Crippen molar-refractivity contribution in [1.29, 1.82) is 0 Å². The van der Waals surface area contributed by atoms with Crippen LogP contribution in [0.1, 0.15) is 18.4 Å². The molecule has 4 rings (SSSR count). The first kappa shape index (κ1) is 17.7. The molecule has 0 aliphatic carbocycles. The zero-order valence-electron chi connectivity index (χ0n) is 15.3. The Labute approximate surface area is 158 Å². The van der Waals surface area contributed by atoms with Gasteiger partial charge in [0.1, 0.15) is 5.82 Å². The number of H-pyrrole nitrogens is 1. The van der Waals surface area contributed by atoms with Crippen LogP contribution in [-0.4, -0.2) is 35.4 Å². The third-order valence-corrected chi connectivity index (χ3v) is 5.30. The highest BCUT2D eigenvalue weighted by atomic mass is 19.1. The lowest BCUT2D eigenvalue weighted by Gasteiger charge is -2.31. The number of likely N-dealkylation sites (N-methyl/N-ethyl adjacent to an activating group) is 1. The second kappa shape index (κ2) is 7.53. The lowest BCUT2D eigenvalue weighted by Crippen LogP contribution is -2.47. The highest BCUT2D eigenvalue weighted by molar-refractivity contribution is 5.85. The molecule has 1 saturated heterocycles. The standard InChI is InChI=1S/C22H23FN3O/c1-26-11-3-2-4-21(26)22(27)25-14-18-13-15(5-7-19(18)23)16-6-8-20-17(12-16)9-10-24-20/h2,5-10,12-13,21,24H,3-4,11,14H2,1H3,(H,25,27). The van der Waals surface area contributed by atoms with Gasteiger partial charge in [0.15, 0.2) is 0 Å². The number of carbonyl (C=O) groups excluding carboxylic acids is 1. The zero-order chi connectivity index (χ0) is 18.8. The average molecular weight is 364 g/mol. The van der Waals surface area contributed by atoms with Gasteiger partial charge in [-0.05, 0) is 79.7 Å². The number of hydrogen-bond acceptors (Lipinski definition) is 2. The number of likely N-dealkylation sites (tertiary alicyclic amines) is 1. The Kier molecular flexibility index (Phi) is 4.94. The molecule has 1 fully saturated rings. The maximum absolute atomic E-state index is 14.3. The largest absolute Gasteiger partial charge is 0.361 e. The number of amides is 1. The van der Waals surface area contributed by atoms with E-state index in [-0.39, 0.29) is 24.3 Å². The van der Waals surface area contributed by atoms with Crippen LogP contribution < -0.4 is 5.32 Å². The van der Waals surface area contributed by atoms with E-state index in [9.17, 15) is 9.18 Å². The number of carbonyl (C=O) groups is 1. The fraction of sp³-hybridized carbons (Fsp3) is 0.273. The summed E-state index contributed by atoms with van der Waals surface area (Å²) in [7, 11) is 1.95. The summed E-state index contributed by atoms with van der Waals surface area (Å²) in [5.41, 5.74) is 3.53. The fourth-order valence-electron chi connectivity index (χ4n) is 3.64. The van der Waals surface area contributed by atoms with E-state index in [0.29, 0.717) is 5.56 Å². The lowest BCUT2D eigenvalue weighted by molar-refractivity contribution is -0.126. The molecular formula is C22H23FN3O. The van der Waals surface area contributed by atoms with Crippen LogP contribution >= 0.6 is 0 Å². The molecule has 5 heteroatoms. The van der Waals surface area contributed by atoms with E-state index in [1.807, 2.05) is 42.4 Å². The minimum Gasteiger partial charge on any atom is -0.361 e. The summed E-state index contributed by atoms with van der Waals surface area (Å²) in [6.45, 7) is 1.07. The number of nitrogens with zero attached hydrogens (tertiary/aromatic N) is 1. The molecule has 2 N–H and O–H groups in total. The highest BCUT2D eigenvalue weighted by Crippen LogP contribution is 2.26. The number of aromatic nitrogens is 1. The first-order valence-electron chi connectivity index (χ1n) is 9.27. The van der Waals surface area contributed by atoms with Crippen LogP contribution in [0.5, 0.6) is 0 Å². The maximum Gasteiger partial charge on any atom is 0.237 e. The predicted molar refractivity (Wildman–Crippen MR) is 105 cm³/mol. The Bertz CT molecular complexity index is 965. The molecule has 0 spiro atoms. The van der Waals surface area contributed by atoms with Gasteiger partial charge in [-0.2, -0.15) is 0 Å². The van der Waals surface area contributed by atoms with Crippen molar-refractivity contribution in [2.75, 3.05) is 13.6 Å². The monoisotopic (exact) mass is 364 g/mol. The highest BCUT2D eigenvalue weighted by Gasteiger charge is 2.25. The van der Waals surface area contributed by atoms with Gasteiger partial charge in [-0.1, -0.05) is 12.1 Å². The van der Waals surface area contributed by atoms with Crippen LogP contribution in [0.4, 0.5) is 4.39 Å². The van der Waals surface area contributed by atoms with Gasteiger partial charge in [0.25, 0.3) is 0 Å². The molecule has 1 aliphatic rings. The molecule has 27 heavy (non-hydrogen) atoms. The van der Waals surface area contributed by atoms with Crippen LogP contribution in [0.2, 0.25) is 0 Å². The Morgan fingerprint density at radius 1 is 1.22 bits per heavy atom. The van der Waals surface area contributed by atoms with E-state index in [1.54, 1.807) is 6.07 Å². The van der Waals surface area contributed by atoms with Crippen LogP contribution in [0.25, 0.3) is 22.0 Å². The van der Waals surface area contributed by atoms with Crippen LogP contribution in [-0.2, 0) is 11.3 Å². The number of fused-ring (bicyclic) bond motifs is 1. The topological polar surface area (TPSA) is 48.1 Å². The molecule has 1 aromatic heterocycles. The molecule has 1 unspecified atom stereocenters. The zero-order valence-corrected chi connectivity index (χ0v) is 15.3. The second-order valence-corrected chi connectivity index (χ2v) is 7.11. The molecule has 139 valence electrons. The van der Waals surface area contributed by atoms with Gasteiger partial charge in [-0.3, -0.25) is 9.69 Å². The summed E-state index contributed by atoms with van der Waals surface area (Å²) in [6.07, 6.45) is 5.78. The van der Waals surface area contributed by atoms with Crippen LogP contribution in [0.15, 0.2) is 48.7 Å². The van der Waals surface area contributed by atoms with E-state index in [2.05, 4.69) is 22.8 Å². The van der Waals surface area contributed by atoms with Crippen molar-refractivity contribution in [2.24, 2.45) is 0 Å². The van der Waals surface area contributed by atoms with Crippen molar-refractivity contribution in [2.45, 2.75) is 25.4 Å². The van der Waals surface area contributed by atoms with Gasteiger partial charge in [0, 0.05) is 23.8 Å². The van der Waals surface area contributed by atoms with Crippen molar-refractivity contribution in [3.8, 4) is 11.1 Å². The average Bonchev–Trinajstić information content (AvgIpc) is 3.15. The van der Waals surface area contributed by atoms with Gasteiger partial charge < -0.3 is 10.3 Å². The number of piperidine rings is 1. The Hall–Kier alpha value is -2.66. The Morgan fingerprint density at radius 3 is 2.89 bits per heavy atom. The molecule has 3 aromatic rings. The normalized spacial score (nSPS) is 17.9. The van der Waals surface area contributed by atoms with Crippen molar-refractivity contribution in [1.82, 2.24) is 15.2 Å². The summed E-state index contributed by atoms with van der Waals surface area (Å²) in [5, 5.41) is 4.01. The van der Waals surface area contributed by atoms with E-state index in [0.717, 1.165) is 41.4 Å². The van der Waals surface area contributed by atoms with Crippen LogP contribution in [0.3, 0.4) is 0 Å². The SMILES string of the molecule is CN1CC[CH]CC1C(=O)NCc1cc(-c2ccc3[nH]ccc3c2)ccc1F. The first-order valence-corrected chi connectivity index (χ1v) is 9.27. The Balaban J connectivity index is 1.51. The Morgan fingerprint density at radius 2 is 2.04 bits per heavy atom. The third-order valence-electron chi connectivity index (χ3n) is 5.30. The minimum absolute atomic E-state index is 0.0491. The number of rotatable bonds is 4. The van der Waals surface area contributed by atoms with Gasteiger partial charge in [0.2, 0.25) is 5.91 Å². The number of nitrogens with one attached hydrogen (secondary N) is 2. The predicted octanol–water partition coefficient (Wildman–Crippen LogP) is 3.89. The maximum atomic E-state index is 14.3. The molecule has 1 atom stereocenters. The third kappa shape index (κ3) is 3.74. The minimum atomic E-state index is -0.301. The molecule has 0 bridgehead atoms. The molecule has 1 radical (unpaired) electrons. The first-order chi connectivity index (χ1) is 13.1. The summed E-state index contributed by atoms with van der Waals surface area (Å²) >= 11 is 0. The number of aromatic amines is 1. The number of hydrogen-bond donors (Lipinski definition) is 2. The van der Waals surface area contributed by atoms with E-state index in [1.165, 1.54) is 6.07 Å². The molecule has 1 amide bonds. The van der Waals surface area contributed by atoms with Gasteiger partial charge in [-0.25, -0.2) is 4.39 Å². The quantitative estimate of drug-likeness (QED) is 0.738. The fourth-order valence-corrected chi connectivity index (χ4v) is 3.64. The molecule has 2 aromatic carbocycles. The van der Waals surface area contributed by atoms with Gasteiger partial charge in [-0.15, -0.1) is 0 Å².